The second-order valence-electron chi connectivity index (χ2n) is 4.12. The van der Waals surface area contributed by atoms with E-state index in [1.54, 1.807) is 6.07 Å². The summed E-state index contributed by atoms with van der Waals surface area (Å²) in [6.45, 7) is 5.43. The minimum atomic E-state index is -0.237. The molecule has 0 saturated carbocycles. The Morgan fingerprint density at radius 3 is 2.81 bits per heavy atom. The summed E-state index contributed by atoms with van der Waals surface area (Å²) >= 11 is 0. The topological polar surface area (TPSA) is 35.2 Å². The summed E-state index contributed by atoms with van der Waals surface area (Å²) in [5.41, 5.74) is 6.34. The fourth-order valence-corrected chi connectivity index (χ4v) is 1.39. The van der Waals surface area contributed by atoms with Crippen molar-refractivity contribution >= 4 is 0 Å². The first-order valence-corrected chi connectivity index (χ1v) is 5.78. The van der Waals surface area contributed by atoms with Gasteiger partial charge in [0.05, 0.1) is 6.61 Å². The molecule has 0 heterocycles. The Morgan fingerprint density at radius 2 is 2.19 bits per heavy atom. The SMILES string of the molecule is CCC(C)COc1ccc(F)cc1CCN. The maximum atomic E-state index is 13.0. The van der Waals surface area contributed by atoms with Crippen molar-refractivity contribution in [3.05, 3.63) is 29.6 Å². The van der Waals surface area contributed by atoms with E-state index in [4.69, 9.17) is 10.5 Å². The summed E-state index contributed by atoms with van der Waals surface area (Å²) in [7, 11) is 0. The number of nitrogens with two attached hydrogens (primary N) is 1. The van der Waals surface area contributed by atoms with Crippen LogP contribution in [0.3, 0.4) is 0 Å². The van der Waals surface area contributed by atoms with E-state index in [0.717, 1.165) is 17.7 Å². The molecule has 1 aromatic carbocycles. The molecule has 0 amide bonds. The molecule has 0 aliphatic rings. The molecule has 1 unspecified atom stereocenters. The average Bonchev–Trinajstić information content (AvgIpc) is 2.28. The van der Waals surface area contributed by atoms with Gasteiger partial charge in [0.2, 0.25) is 0 Å². The molecular formula is C13H20FNO. The lowest BCUT2D eigenvalue weighted by Crippen LogP contribution is -2.10. The van der Waals surface area contributed by atoms with E-state index in [1.807, 2.05) is 0 Å². The van der Waals surface area contributed by atoms with E-state index in [0.29, 0.717) is 25.5 Å². The maximum absolute atomic E-state index is 13.0. The Bertz CT molecular complexity index is 328. The van der Waals surface area contributed by atoms with E-state index >= 15 is 0 Å². The highest BCUT2D eigenvalue weighted by molar-refractivity contribution is 5.34. The van der Waals surface area contributed by atoms with Crippen LogP contribution in [0, 0.1) is 11.7 Å². The molecule has 0 aromatic heterocycles. The molecule has 2 N–H and O–H groups in total. The van der Waals surface area contributed by atoms with Crippen LogP contribution in [0.4, 0.5) is 4.39 Å². The van der Waals surface area contributed by atoms with Crippen molar-refractivity contribution in [2.75, 3.05) is 13.2 Å². The minimum absolute atomic E-state index is 0.237. The Balaban J connectivity index is 2.70. The van der Waals surface area contributed by atoms with Crippen LogP contribution in [-0.2, 0) is 6.42 Å². The van der Waals surface area contributed by atoms with Gasteiger partial charge in [0, 0.05) is 0 Å². The fourth-order valence-electron chi connectivity index (χ4n) is 1.39. The Labute approximate surface area is 96.6 Å². The molecule has 0 saturated heterocycles. The first kappa shape index (κ1) is 13.0. The molecule has 0 radical (unpaired) electrons. The smallest absolute Gasteiger partial charge is 0.123 e. The van der Waals surface area contributed by atoms with Crippen LogP contribution in [0.2, 0.25) is 0 Å². The highest BCUT2D eigenvalue weighted by Crippen LogP contribution is 2.21. The average molecular weight is 225 g/mol. The van der Waals surface area contributed by atoms with Crippen LogP contribution in [0.25, 0.3) is 0 Å². The van der Waals surface area contributed by atoms with Crippen LogP contribution < -0.4 is 10.5 Å². The summed E-state index contributed by atoms with van der Waals surface area (Å²) in [5.74, 6) is 1.03. The zero-order chi connectivity index (χ0) is 12.0. The summed E-state index contributed by atoms with van der Waals surface area (Å²) in [6.07, 6.45) is 1.72. The Kier molecular flexibility index (Phi) is 5.26. The third-order valence-electron chi connectivity index (χ3n) is 2.66. The van der Waals surface area contributed by atoms with Gasteiger partial charge in [0.25, 0.3) is 0 Å². The molecule has 1 atom stereocenters. The molecule has 0 bridgehead atoms. The first-order valence-electron chi connectivity index (χ1n) is 5.78. The van der Waals surface area contributed by atoms with Gasteiger partial charge in [-0.3, -0.25) is 0 Å². The van der Waals surface area contributed by atoms with Gasteiger partial charge in [0.15, 0.2) is 0 Å². The molecule has 16 heavy (non-hydrogen) atoms. The summed E-state index contributed by atoms with van der Waals surface area (Å²) in [4.78, 5) is 0. The van der Waals surface area contributed by atoms with Crippen molar-refractivity contribution < 1.29 is 9.13 Å². The lowest BCUT2D eigenvalue weighted by atomic mass is 10.1. The molecular weight excluding hydrogens is 205 g/mol. The predicted molar refractivity (Wildman–Crippen MR) is 64.1 cm³/mol. The highest BCUT2D eigenvalue weighted by Gasteiger charge is 2.06. The number of ether oxygens (including phenoxy) is 1. The highest BCUT2D eigenvalue weighted by atomic mass is 19.1. The minimum Gasteiger partial charge on any atom is -0.493 e. The van der Waals surface area contributed by atoms with Crippen molar-refractivity contribution in [1.29, 1.82) is 0 Å². The monoisotopic (exact) mass is 225 g/mol. The van der Waals surface area contributed by atoms with E-state index in [1.165, 1.54) is 12.1 Å². The van der Waals surface area contributed by atoms with Crippen molar-refractivity contribution in [1.82, 2.24) is 0 Å². The van der Waals surface area contributed by atoms with E-state index in [9.17, 15) is 4.39 Å². The Morgan fingerprint density at radius 1 is 1.44 bits per heavy atom. The van der Waals surface area contributed by atoms with Crippen LogP contribution in [-0.4, -0.2) is 13.2 Å². The van der Waals surface area contributed by atoms with Crippen molar-refractivity contribution in [3.63, 3.8) is 0 Å². The quantitative estimate of drug-likeness (QED) is 0.808. The molecule has 2 nitrogen and oxygen atoms in total. The largest absolute Gasteiger partial charge is 0.493 e. The van der Waals surface area contributed by atoms with E-state index in [-0.39, 0.29) is 5.82 Å². The second-order valence-corrected chi connectivity index (χ2v) is 4.12. The number of hydrogen-bond acceptors (Lipinski definition) is 2. The summed E-state index contributed by atoms with van der Waals surface area (Å²) < 4.78 is 18.7. The molecule has 0 fully saturated rings. The number of halogens is 1. The third kappa shape index (κ3) is 3.81. The standard InChI is InChI=1S/C13H20FNO/c1-3-10(2)9-16-13-5-4-12(14)8-11(13)6-7-15/h4-5,8,10H,3,6-7,9,15H2,1-2H3. The van der Waals surface area contributed by atoms with Gasteiger partial charge in [-0.2, -0.15) is 0 Å². The van der Waals surface area contributed by atoms with Gasteiger partial charge in [-0.15, -0.1) is 0 Å². The number of benzene rings is 1. The van der Waals surface area contributed by atoms with Gasteiger partial charge in [-0.1, -0.05) is 20.3 Å². The zero-order valence-electron chi connectivity index (χ0n) is 10.0. The van der Waals surface area contributed by atoms with Gasteiger partial charge in [-0.05, 0) is 42.6 Å². The van der Waals surface area contributed by atoms with Gasteiger partial charge in [0.1, 0.15) is 11.6 Å². The zero-order valence-corrected chi connectivity index (χ0v) is 10.0. The van der Waals surface area contributed by atoms with Crippen LogP contribution in [0.1, 0.15) is 25.8 Å². The van der Waals surface area contributed by atoms with Crippen molar-refractivity contribution in [2.45, 2.75) is 26.7 Å². The maximum Gasteiger partial charge on any atom is 0.123 e. The number of hydrogen-bond donors (Lipinski definition) is 1. The Hall–Kier alpha value is -1.09. The lowest BCUT2D eigenvalue weighted by Gasteiger charge is -2.14. The van der Waals surface area contributed by atoms with Crippen LogP contribution in [0.15, 0.2) is 18.2 Å². The van der Waals surface area contributed by atoms with E-state index < -0.39 is 0 Å². The molecule has 3 heteroatoms. The second kappa shape index (κ2) is 6.48. The summed E-state index contributed by atoms with van der Waals surface area (Å²) in [5, 5.41) is 0. The lowest BCUT2D eigenvalue weighted by molar-refractivity contribution is 0.254. The predicted octanol–water partition coefficient (Wildman–Crippen LogP) is 2.75. The van der Waals surface area contributed by atoms with Crippen molar-refractivity contribution in [2.24, 2.45) is 11.7 Å². The van der Waals surface area contributed by atoms with Gasteiger partial charge in [-0.25, -0.2) is 4.39 Å². The molecule has 0 aliphatic heterocycles. The molecule has 0 spiro atoms. The molecule has 1 rings (SSSR count). The normalized spacial score (nSPS) is 12.5. The van der Waals surface area contributed by atoms with Crippen molar-refractivity contribution in [3.8, 4) is 5.75 Å². The summed E-state index contributed by atoms with van der Waals surface area (Å²) in [6, 6.07) is 4.60. The molecule has 1 aromatic rings. The first-order chi connectivity index (χ1) is 7.67. The fraction of sp³-hybridized carbons (Fsp3) is 0.538. The van der Waals surface area contributed by atoms with Crippen LogP contribution in [0.5, 0.6) is 5.75 Å². The van der Waals surface area contributed by atoms with Gasteiger partial charge < -0.3 is 10.5 Å². The van der Waals surface area contributed by atoms with E-state index in [2.05, 4.69) is 13.8 Å². The number of rotatable bonds is 6. The third-order valence-corrected chi connectivity index (χ3v) is 2.66. The molecule has 0 aliphatic carbocycles. The van der Waals surface area contributed by atoms with Gasteiger partial charge >= 0.3 is 0 Å². The van der Waals surface area contributed by atoms with Crippen LogP contribution >= 0.6 is 0 Å². The molecule has 90 valence electrons.